The summed E-state index contributed by atoms with van der Waals surface area (Å²) < 4.78 is 1.81. The molecule has 2 heterocycles. The van der Waals surface area contributed by atoms with Crippen LogP contribution in [0.25, 0.3) is 5.69 Å². The van der Waals surface area contributed by atoms with E-state index in [2.05, 4.69) is 17.2 Å². The van der Waals surface area contributed by atoms with Crippen molar-refractivity contribution in [2.24, 2.45) is 11.7 Å². The summed E-state index contributed by atoms with van der Waals surface area (Å²) >= 11 is 0. The number of aryl methyl sites for hydroxylation is 1. The first-order chi connectivity index (χ1) is 13.2. The second kappa shape index (κ2) is 7.37. The first-order valence-corrected chi connectivity index (χ1v) is 9.32. The van der Waals surface area contributed by atoms with Gasteiger partial charge in [0.2, 0.25) is 0 Å². The third-order valence-electron chi connectivity index (χ3n) is 5.36. The average Bonchev–Trinajstić information content (AvgIpc) is 3.34. The standard InChI is InChI=1S/C22H24N4O/c1-16-11-12-26(24-16)20-9-7-18(8-10-20)22(27)25-14-19(13-23)21(15-25)17-5-3-2-4-6-17/h2-12,19,21H,13-15,23H2,1H3/t19-,21+/m1/s1. The van der Waals surface area contributed by atoms with Gasteiger partial charge in [-0.25, -0.2) is 4.68 Å². The number of carbonyl (C=O) groups excluding carboxylic acids is 1. The number of benzene rings is 2. The van der Waals surface area contributed by atoms with Crippen molar-refractivity contribution >= 4 is 5.91 Å². The second-order valence-electron chi connectivity index (χ2n) is 7.17. The van der Waals surface area contributed by atoms with Crippen molar-refractivity contribution in [2.45, 2.75) is 12.8 Å². The van der Waals surface area contributed by atoms with E-state index in [0.29, 0.717) is 37.0 Å². The Balaban J connectivity index is 1.51. The number of carbonyl (C=O) groups is 1. The number of aromatic nitrogens is 2. The molecule has 1 aromatic heterocycles. The Morgan fingerprint density at radius 2 is 1.81 bits per heavy atom. The summed E-state index contributed by atoms with van der Waals surface area (Å²) in [5.41, 5.74) is 9.87. The summed E-state index contributed by atoms with van der Waals surface area (Å²) in [6.45, 7) is 3.96. The Bertz CT molecular complexity index is 917. The highest BCUT2D eigenvalue weighted by molar-refractivity contribution is 5.94. The highest BCUT2D eigenvalue weighted by Gasteiger charge is 2.35. The number of hydrogen-bond acceptors (Lipinski definition) is 3. The highest BCUT2D eigenvalue weighted by atomic mass is 16.2. The third-order valence-corrected chi connectivity index (χ3v) is 5.36. The van der Waals surface area contributed by atoms with Crippen molar-refractivity contribution in [1.29, 1.82) is 0 Å². The number of nitrogens with two attached hydrogens (primary N) is 1. The lowest BCUT2D eigenvalue weighted by Gasteiger charge is -2.17. The molecule has 2 aromatic carbocycles. The van der Waals surface area contributed by atoms with Crippen molar-refractivity contribution in [1.82, 2.24) is 14.7 Å². The molecule has 0 bridgehead atoms. The molecule has 1 aliphatic heterocycles. The van der Waals surface area contributed by atoms with E-state index in [9.17, 15) is 4.79 Å². The zero-order valence-corrected chi connectivity index (χ0v) is 15.5. The van der Waals surface area contributed by atoms with Crippen molar-refractivity contribution < 1.29 is 4.79 Å². The minimum atomic E-state index is 0.0649. The minimum absolute atomic E-state index is 0.0649. The van der Waals surface area contributed by atoms with Gasteiger partial charge in [-0.1, -0.05) is 30.3 Å². The van der Waals surface area contributed by atoms with Crippen LogP contribution in [0.2, 0.25) is 0 Å². The Hall–Kier alpha value is -2.92. The van der Waals surface area contributed by atoms with E-state index >= 15 is 0 Å². The molecule has 0 saturated carbocycles. The maximum atomic E-state index is 13.0. The summed E-state index contributed by atoms with van der Waals surface area (Å²) in [4.78, 5) is 14.9. The lowest BCUT2D eigenvalue weighted by Crippen LogP contribution is -2.29. The fraction of sp³-hybridized carbons (Fsp3) is 0.273. The summed E-state index contributed by atoms with van der Waals surface area (Å²) in [6, 6.07) is 19.9. The molecular formula is C22H24N4O. The lowest BCUT2D eigenvalue weighted by molar-refractivity contribution is 0.0786. The summed E-state index contributed by atoms with van der Waals surface area (Å²) in [5.74, 6) is 0.657. The predicted octanol–water partition coefficient (Wildman–Crippen LogP) is 3.00. The minimum Gasteiger partial charge on any atom is -0.338 e. The molecule has 1 aliphatic rings. The number of rotatable bonds is 4. The van der Waals surface area contributed by atoms with Gasteiger partial charge in [-0.2, -0.15) is 5.10 Å². The van der Waals surface area contributed by atoms with E-state index in [0.717, 1.165) is 11.4 Å². The van der Waals surface area contributed by atoms with Crippen LogP contribution >= 0.6 is 0 Å². The fourth-order valence-electron chi connectivity index (χ4n) is 3.85. The van der Waals surface area contributed by atoms with E-state index < -0.39 is 0 Å². The van der Waals surface area contributed by atoms with Crippen LogP contribution < -0.4 is 5.73 Å². The van der Waals surface area contributed by atoms with Crippen LogP contribution in [0.4, 0.5) is 0 Å². The van der Waals surface area contributed by atoms with Gasteiger partial charge in [0.15, 0.2) is 0 Å². The summed E-state index contributed by atoms with van der Waals surface area (Å²) in [7, 11) is 0. The quantitative estimate of drug-likeness (QED) is 0.778. The van der Waals surface area contributed by atoms with Crippen molar-refractivity contribution in [3.63, 3.8) is 0 Å². The number of amides is 1. The normalized spacial score (nSPS) is 19.4. The molecule has 0 unspecified atom stereocenters. The molecule has 1 amide bonds. The SMILES string of the molecule is Cc1ccn(-c2ccc(C(=O)N3C[C@@H](CN)[C@H](c4ccccc4)C3)cc2)n1. The van der Waals surface area contributed by atoms with Crippen molar-refractivity contribution in [2.75, 3.05) is 19.6 Å². The Morgan fingerprint density at radius 3 is 2.44 bits per heavy atom. The number of nitrogens with zero attached hydrogens (tertiary/aromatic N) is 3. The maximum absolute atomic E-state index is 13.0. The highest BCUT2D eigenvalue weighted by Crippen LogP contribution is 2.32. The average molecular weight is 360 g/mol. The topological polar surface area (TPSA) is 64.2 Å². The second-order valence-corrected chi connectivity index (χ2v) is 7.17. The van der Waals surface area contributed by atoms with Crippen LogP contribution in [0.1, 0.15) is 27.5 Å². The van der Waals surface area contributed by atoms with Gasteiger partial charge in [-0.15, -0.1) is 0 Å². The van der Waals surface area contributed by atoms with Crippen LogP contribution in [-0.4, -0.2) is 40.2 Å². The van der Waals surface area contributed by atoms with Crippen LogP contribution in [0.15, 0.2) is 66.9 Å². The summed E-state index contributed by atoms with van der Waals surface area (Å²) in [5, 5.41) is 4.40. The van der Waals surface area contributed by atoms with Gasteiger partial charge in [0, 0.05) is 30.8 Å². The van der Waals surface area contributed by atoms with Gasteiger partial charge < -0.3 is 10.6 Å². The van der Waals surface area contributed by atoms with E-state index in [-0.39, 0.29) is 5.91 Å². The monoisotopic (exact) mass is 360 g/mol. The molecule has 3 aromatic rings. The van der Waals surface area contributed by atoms with E-state index in [1.165, 1.54) is 5.56 Å². The van der Waals surface area contributed by atoms with Gasteiger partial charge in [0.05, 0.1) is 11.4 Å². The molecule has 5 nitrogen and oxygen atoms in total. The molecule has 0 aliphatic carbocycles. The molecule has 2 atom stereocenters. The van der Waals surface area contributed by atoms with E-state index in [1.807, 2.05) is 71.2 Å². The molecule has 1 fully saturated rings. The molecule has 1 saturated heterocycles. The third kappa shape index (κ3) is 3.51. The van der Waals surface area contributed by atoms with E-state index in [1.54, 1.807) is 0 Å². The molecule has 0 spiro atoms. The Labute approximate surface area is 159 Å². The lowest BCUT2D eigenvalue weighted by atomic mass is 9.89. The first kappa shape index (κ1) is 17.5. The van der Waals surface area contributed by atoms with Crippen LogP contribution in [0.3, 0.4) is 0 Å². The summed E-state index contributed by atoms with van der Waals surface area (Å²) in [6.07, 6.45) is 1.92. The first-order valence-electron chi connectivity index (χ1n) is 9.32. The largest absolute Gasteiger partial charge is 0.338 e. The van der Waals surface area contributed by atoms with Gasteiger partial charge >= 0.3 is 0 Å². The molecule has 138 valence electrons. The number of hydrogen-bond donors (Lipinski definition) is 1. The van der Waals surface area contributed by atoms with Gasteiger partial charge in [0.25, 0.3) is 5.91 Å². The van der Waals surface area contributed by atoms with E-state index in [4.69, 9.17) is 5.73 Å². The van der Waals surface area contributed by atoms with Crippen molar-refractivity contribution in [3.05, 3.63) is 83.7 Å². The molecule has 2 N–H and O–H groups in total. The molecular weight excluding hydrogens is 336 g/mol. The molecule has 0 radical (unpaired) electrons. The maximum Gasteiger partial charge on any atom is 0.253 e. The zero-order chi connectivity index (χ0) is 18.8. The smallest absolute Gasteiger partial charge is 0.253 e. The van der Waals surface area contributed by atoms with Crippen molar-refractivity contribution in [3.8, 4) is 5.69 Å². The number of likely N-dealkylation sites (tertiary alicyclic amines) is 1. The van der Waals surface area contributed by atoms with Crippen LogP contribution in [-0.2, 0) is 0 Å². The molecule has 4 rings (SSSR count). The van der Waals surface area contributed by atoms with Gasteiger partial charge in [-0.05, 0) is 55.3 Å². The Kier molecular flexibility index (Phi) is 4.77. The molecule has 27 heavy (non-hydrogen) atoms. The zero-order valence-electron chi connectivity index (χ0n) is 15.5. The fourth-order valence-corrected chi connectivity index (χ4v) is 3.85. The van der Waals surface area contributed by atoms with Gasteiger partial charge in [-0.3, -0.25) is 4.79 Å². The van der Waals surface area contributed by atoms with Gasteiger partial charge in [0.1, 0.15) is 0 Å². The molecule has 5 heteroatoms. The predicted molar refractivity (Wildman–Crippen MR) is 106 cm³/mol. The Morgan fingerprint density at radius 1 is 1.07 bits per heavy atom. The van der Waals surface area contributed by atoms with Crippen LogP contribution in [0, 0.1) is 12.8 Å². The van der Waals surface area contributed by atoms with Crippen LogP contribution in [0.5, 0.6) is 0 Å².